The van der Waals surface area contributed by atoms with E-state index in [0.717, 1.165) is 48.2 Å². The zero-order chi connectivity index (χ0) is 19.1. The Morgan fingerprint density at radius 1 is 1.26 bits per heavy atom. The molecule has 1 aliphatic heterocycles. The third-order valence-corrected chi connectivity index (χ3v) is 5.22. The number of nitrogens with one attached hydrogen (secondary N) is 2. The first-order chi connectivity index (χ1) is 13.2. The van der Waals surface area contributed by atoms with Gasteiger partial charge < -0.3 is 20.1 Å². The van der Waals surface area contributed by atoms with Crippen LogP contribution in [0.1, 0.15) is 22.4 Å². The number of rotatable bonds is 7. The van der Waals surface area contributed by atoms with Crippen molar-refractivity contribution in [3.63, 3.8) is 0 Å². The van der Waals surface area contributed by atoms with Crippen molar-refractivity contribution in [2.75, 3.05) is 32.8 Å². The number of hydrogen-bond donors (Lipinski definition) is 2. The SMILES string of the molecule is CCNC(=NCCc1ncc(C)s1)NCCc1cc(Cl)c2c(c1)OCCO2. The van der Waals surface area contributed by atoms with Crippen LogP contribution in [0, 0.1) is 6.92 Å². The molecule has 0 aliphatic carbocycles. The summed E-state index contributed by atoms with van der Waals surface area (Å²) in [4.78, 5) is 10.2. The van der Waals surface area contributed by atoms with Gasteiger partial charge in [-0.1, -0.05) is 11.6 Å². The molecule has 0 fully saturated rings. The molecule has 2 aromatic rings. The van der Waals surface area contributed by atoms with E-state index in [9.17, 15) is 0 Å². The lowest BCUT2D eigenvalue weighted by Gasteiger charge is -2.20. The Morgan fingerprint density at radius 2 is 2.11 bits per heavy atom. The number of ether oxygens (including phenoxy) is 2. The highest BCUT2D eigenvalue weighted by Gasteiger charge is 2.16. The fourth-order valence-electron chi connectivity index (χ4n) is 2.76. The molecule has 0 unspecified atom stereocenters. The number of nitrogens with zero attached hydrogens (tertiary/aromatic N) is 2. The maximum Gasteiger partial charge on any atom is 0.191 e. The molecule has 0 spiro atoms. The van der Waals surface area contributed by atoms with Gasteiger partial charge in [-0.25, -0.2) is 4.98 Å². The first-order valence-electron chi connectivity index (χ1n) is 9.17. The van der Waals surface area contributed by atoms with Gasteiger partial charge in [0.25, 0.3) is 0 Å². The van der Waals surface area contributed by atoms with Crippen molar-refractivity contribution < 1.29 is 9.47 Å². The summed E-state index contributed by atoms with van der Waals surface area (Å²) in [7, 11) is 0. The molecular weight excluding hydrogens is 384 g/mol. The van der Waals surface area contributed by atoms with E-state index in [-0.39, 0.29) is 0 Å². The van der Waals surface area contributed by atoms with E-state index >= 15 is 0 Å². The number of guanidine groups is 1. The van der Waals surface area contributed by atoms with Gasteiger partial charge in [-0.2, -0.15) is 0 Å². The van der Waals surface area contributed by atoms with Gasteiger partial charge in [-0.3, -0.25) is 4.99 Å². The Balaban J connectivity index is 1.51. The van der Waals surface area contributed by atoms with Crippen LogP contribution in [0.2, 0.25) is 5.02 Å². The number of thiazole rings is 1. The zero-order valence-corrected chi connectivity index (χ0v) is 17.3. The van der Waals surface area contributed by atoms with E-state index in [1.54, 1.807) is 11.3 Å². The van der Waals surface area contributed by atoms with Crippen molar-refractivity contribution in [3.8, 4) is 11.5 Å². The van der Waals surface area contributed by atoms with E-state index in [4.69, 9.17) is 21.1 Å². The molecule has 0 atom stereocenters. The largest absolute Gasteiger partial charge is 0.486 e. The maximum atomic E-state index is 6.30. The average molecular weight is 409 g/mol. The van der Waals surface area contributed by atoms with Crippen molar-refractivity contribution in [1.82, 2.24) is 15.6 Å². The fraction of sp³-hybridized carbons (Fsp3) is 0.474. The first-order valence-corrected chi connectivity index (χ1v) is 10.4. The summed E-state index contributed by atoms with van der Waals surface area (Å²) in [6.07, 6.45) is 3.57. The lowest BCUT2D eigenvalue weighted by molar-refractivity contribution is 0.171. The second kappa shape index (κ2) is 9.80. The summed E-state index contributed by atoms with van der Waals surface area (Å²) in [5, 5.41) is 8.36. The van der Waals surface area contributed by atoms with Crippen molar-refractivity contribution in [3.05, 3.63) is 38.8 Å². The van der Waals surface area contributed by atoms with E-state index in [0.29, 0.717) is 30.5 Å². The molecule has 0 saturated carbocycles. The average Bonchev–Trinajstić information content (AvgIpc) is 3.07. The van der Waals surface area contributed by atoms with Crippen LogP contribution in [0.25, 0.3) is 0 Å². The van der Waals surface area contributed by atoms with E-state index in [2.05, 4.69) is 34.5 Å². The molecule has 8 heteroatoms. The van der Waals surface area contributed by atoms with E-state index < -0.39 is 0 Å². The highest BCUT2D eigenvalue weighted by atomic mass is 35.5. The Kier molecular flexibility index (Phi) is 7.18. The van der Waals surface area contributed by atoms with Crippen molar-refractivity contribution >= 4 is 28.9 Å². The van der Waals surface area contributed by atoms with E-state index in [1.807, 2.05) is 18.3 Å². The second-order valence-electron chi connectivity index (χ2n) is 6.15. The minimum absolute atomic E-state index is 0.538. The summed E-state index contributed by atoms with van der Waals surface area (Å²) in [5.74, 6) is 2.18. The van der Waals surface area contributed by atoms with Gasteiger partial charge in [0, 0.05) is 37.1 Å². The molecular formula is C19H25ClN4O2S. The molecule has 3 rings (SSSR count). The second-order valence-corrected chi connectivity index (χ2v) is 7.88. The number of hydrogen-bond acceptors (Lipinski definition) is 5. The normalized spacial score (nSPS) is 13.5. The van der Waals surface area contributed by atoms with Gasteiger partial charge in [0.15, 0.2) is 17.5 Å². The molecule has 0 amide bonds. The summed E-state index contributed by atoms with van der Waals surface area (Å²) >= 11 is 8.03. The third-order valence-electron chi connectivity index (χ3n) is 3.97. The van der Waals surface area contributed by atoms with Crippen LogP contribution in [-0.2, 0) is 12.8 Å². The molecule has 0 bridgehead atoms. The van der Waals surface area contributed by atoms with Crippen LogP contribution in [0.5, 0.6) is 11.5 Å². The minimum Gasteiger partial charge on any atom is -0.486 e. The monoisotopic (exact) mass is 408 g/mol. The van der Waals surface area contributed by atoms with Crippen LogP contribution in [0.4, 0.5) is 0 Å². The zero-order valence-electron chi connectivity index (χ0n) is 15.7. The van der Waals surface area contributed by atoms with Crippen LogP contribution < -0.4 is 20.1 Å². The van der Waals surface area contributed by atoms with Gasteiger partial charge in [0.05, 0.1) is 10.0 Å². The number of fused-ring (bicyclic) bond motifs is 1. The third kappa shape index (κ3) is 5.74. The number of halogens is 1. The van der Waals surface area contributed by atoms with Crippen molar-refractivity contribution in [2.24, 2.45) is 4.99 Å². The highest BCUT2D eigenvalue weighted by Crippen LogP contribution is 2.38. The molecule has 1 aromatic carbocycles. The standard InChI is InChI=1S/C19H25ClN4O2S/c1-3-21-19(23-7-5-17-24-12-13(2)27-17)22-6-4-14-10-15(20)18-16(11-14)25-8-9-26-18/h10-12H,3-9H2,1-2H3,(H2,21,22,23). The fourth-order valence-corrected chi connectivity index (χ4v) is 3.82. The summed E-state index contributed by atoms with van der Waals surface area (Å²) in [6, 6.07) is 3.93. The quantitative estimate of drug-likeness (QED) is 0.544. The van der Waals surface area contributed by atoms with Crippen LogP contribution in [-0.4, -0.2) is 43.8 Å². The summed E-state index contributed by atoms with van der Waals surface area (Å²) in [5.41, 5.74) is 1.10. The summed E-state index contributed by atoms with van der Waals surface area (Å²) in [6.45, 7) is 7.49. The molecule has 2 heterocycles. The van der Waals surface area contributed by atoms with Gasteiger partial charge >= 0.3 is 0 Å². The predicted octanol–water partition coefficient (Wildman–Crippen LogP) is 3.22. The lowest BCUT2D eigenvalue weighted by atomic mass is 10.1. The van der Waals surface area contributed by atoms with Gasteiger partial charge in [0.1, 0.15) is 13.2 Å². The van der Waals surface area contributed by atoms with Gasteiger partial charge in [-0.15, -0.1) is 11.3 Å². The molecule has 146 valence electrons. The summed E-state index contributed by atoms with van der Waals surface area (Å²) < 4.78 is 11.2. The Bertz CT molecular complexity index is 794. The van der Waals surface area contributed by atoms with Crippen molar-refractivity contribution in [2.45, 2.75) is 26.7 Å². The molecule has 2 N–H and O–H groups in total. The van der Waals surface area contributed by atoms with Crippen LogP contribution in [0.3, 0.4) is 0 Å². The molecule has 0 radical (unpaired) electrons. The maximum absolute atomic E-state index is 6.30. The topological polar surface area (TPSA) is 67.8 Å². The Morgan fingerprint density at radius 3 is 2.89 bits per heavy atom. The van der Waals surface area contributed by atoms with Crippen LogP contribution in [0.15, 0.2) is 23.3 Å². The van der Waals surface area contributed by atoms with Crippen LogP contribution >= 0.6 is 22.9 Å². The number of aromatic nitrogens is 1. The van der Waals surface area contributed by atoms with Crippen molar-refractivity contribution in [1.29, 1.82) is 0 Å². The first kappa shape index (κ1) is 19.8. The van der Waals surface area contributed by atoms with E-state index in [1.165, 1.54) is 4.88 Å². The molecule has 1 aromatic heterocycles. The smallest absolute Gasteiger partial charge is 0.191 e. The predicted molar refractivity (Wildman–Crippen MR) is 111 cm³/mol. The molecule has 1 aliphatic rings. The minimum atomic E-state index is 0.538. The molecule has 0 saturated heterocycles. The number of aryl methyl sites for hydroxylation is 1. The number of aliphatic imine (C=N–C) groups is 1. The highest BCUT2D eigenvalue weighted by molar-refractivity contribution is 7.11. The lowest BCUT2D eigenvalue weighted by Crippen LogP contribution is -2.38. The number of benzene rings is 1. The van der Waals surface area contributed by atoms with Gasteiger partial charge in [0.2, 0.25) is 0 Å². The Labute approximate surface area is 169 Å². The Hall–Kier alpha value is -1.99. The molecule has 6 nitrogen and oxygen atoms in total. The van der Waals surface area contributed by atoms with Gasteiger partial charge in [-0.05, 0) is 38.0 Å². The molecule has 27 heavy (non-hydrogen) atoms.